The SMILES string of the molecule is CCC(C)C(C(C)C)C(C(C)C)C(C)C(C)C(C(C)C(C)C)C(C)C(C(C)C(C)C(C)C)C(C)C(C)C(C(C)C)C(C(C)C)C(C)(C(C)C)C(C(C)C(C)C)C(C)C(C(C)C(C)C)C(C)C(C(C)C(C)C)C(C)C(C(C)C(C)C)C(C)C(C)C(C(C)C(C)C)C(CC)C(C)C(C)C(C)C. The molecule has 0 saturated carbocycles. The van der Waals surface area contributed by atoms with E-state index < -0.39 is 0 Å². The molecule has 99 heavy (non-hydrogen) atoms. The molecule has 0 heteroatoms. The number of hydrogen-bond acceptors (Lipinski definition) is 0. The van der Waals surface area contributed by atoms with Gasteiger partial charge in [0.05, 0.1) is 0 Å². The Labute approximate surface area is 633 Å². The van der Waals surface area contributed by atoms with Crippen molar-refractivity contribution in [1.29, 1.82) is 0 Å². The monoisotopic (exact) mass is 1390 g/mol. The van der Waals surface area contributed by atoms with Crippen molar-refractivity contribution < 1.29 is 0 Å². The molecule has 0 amide bonds. The van der Waals surface area contributed by atoms with Crippen molar-refractivity contribution in [3.05, 3.63) is 0 Å². The molecule has 0 bridgehead atoms. The van der Waals surface area contributed by atoms with Crippen LogP contribution in [0.4, 0.5) is 0 Å². The number of hydrogen-bond donors (Lipinski definition) is 0. The zero-order chi connectivity index (χ0) is 78.5. The minimum atomic E-state index is 0.0887. The Morgan fingerprint density at radius 2 is 0.394 bits per heavy atom. The minimum Gasteiger partial charge on any atom is -0.0651 e. The minimum absolute atomic E-state index is 0.0887. The highest BCUT2D eigenvalue weighted by Crippen LogP contribution is 2.63. The van der Waals surface area contributed by atoms with Gasteiger partial charge in [-0.1, -0.05) is 359 Å². The fourth-order valence-electron chi connectivity index (χ4n) is 25.8. The molecule has 0 N–H and O–H groups in total. The van der Waals surface area contributed by atoms with Gasteiger partial charge in [0, 0.05) is 0 Å². The van der Waals surface area contributed by atoms with Crippen LogP contribution in [0.15, 0.2) is 0 Å². The lowest BCUT2D eigenvalue weighted by molar-refractivity contribution is -0.127. The average molecular weight is 1390 g/mol. The summed E-state index contributed by atoms with van der Waals surface area (Å²) in [7, 11) is 0. The van der Waals surface area contributed by atoms with Gasteiger partial charge >= 0.3 is 0 Å². The van der Waals surface area contributed by atoms with E-state index in [1.54, 1.807) is 0 Å². The Morgan fingerprint density at radius 3 is 0.657 bits per heavy atom. The van der Waals surface area contributed by atoms with Crippen LogP contribution >= 0.6 is 0 Å². The summed E-state index contributed by atoms with van der Waals surface area (Å²) in [4.78, 5) is 0. The second-order valence-corrected chi connectivity index (χ2v) is 43.3. The largest absolute Gasteiger partial charge is 0.0651 e. The van der Waals surface area contributed by atoms with Crippen LogP contribution in [0.3, 0.4) is 0 Å². The van der Waals surface area contributed by atoms with Gasteiger partial charge in [0.1, 0.15) is 0 Å². The topological polar surface area (TPSA) is 0 Å². The summed E-state index contributed by atoms with van der Waals surface area (Å²) in [5.74, 6) is 29.1. The van der Waals surface area contributed by atoms with Crippen molar-refractivity contribution in [3.63, 3.8) is 0 Å². The fraction of sp³-hybridized carbons (Fsp3) is 1.00. The molecule has 0 aromatic carbocycles. The summed E-state index contributed by atoms with van der Waals surface area (Å²) in [5, 5.41) is 0. The van der Waals surface area contributed by atoms with Crippen molar-refractivity contribution >= 4 is 0 Å². The van der Waals surface area contributed by atoms with Gasteiger partial charge in [-0.05, 0) is 278 Å². The van der Waals surface area contributed by atoms with E-state index in [-0.39, 0.29) is 5.41 Å². The maximum Gasteiger partial charge on any atom is -0.0236 e. The molecule has 0 aliphatic carbocycles. The van der Waals surface area contributed by atoms with E-state index in [1.165, 1.54) is 12.8 Å². The molecule has 34 unspecified atom stereocenters. The third kappa shape index (κ3) is 24.0. The number of rotatable bonds is 48. The summed E-state index contributed by atoms with van der Waals surface area (Å²) in [6, 6.07) is 0. The predicted molar refractivity (Wildman–Crippen MR) is 456 cm³/mol. The van der Waals surface area contributed by atoms with Crippen LogP contribution in [0.2, 0.25) is 0 Å². The first-order valence-corrected chi connectivity index (χ1v) is 45.1. The van der Waals surface area contributed by atoms with Crippen LogP contribution in [0.25, 0.3) is 0 Å². The van der Waals surface area contributed by atoms with Gasteiger partial charge in [0.15, 0.2) is 0 Å². The van der Waals surface area contributed by atoms with Crippen LogP contribution in [0.5, 0.6) is 0 Å². The van der Waals surface area contributed by atoms with E-state index >= 15 is 0 Å². The molecule has 34 atom stereocenters. The Kier molecular flexibility index (Phi) is 43.3. The maximum absolute atomic E-state index is 2.96. The van der Waals surface area contributed by atoms with Crippen LogP contribution in [0.1, 0.15) is 359 Å². The van der Waals surface area contributed by atoms with Gasteiger partial charge in [-0.15, -0.1) is 0 Å². The second-order valence-electron chi connectivity index (χ2n) is 43.3. The molecule has 0 spiro atoms. The average Bonchev–Trinajstić information content (AvgIpc) is 0.740. The van der Waals surface area contributed by atoms with E-state index in [0.29, 0.717) is 249 Å². The molecular weight excluding hydrogens is 1190 g/mol. The van der Waals surface area contributed by atoms with Crippen LogP contribution in [-0.4, -0.2) is 0 Å². The van der Waals surface area contributed by atoms with Gasteiger partial charge in [-0.2, -0.15) is 0 Å². The zero-order valence-corrected chi connectivity index (χ0v) is 78.5. The van der Waals surface area contributed by atoms with Crippen molar-refractivity contribution in [1.82, 2.24) is 0 Å². The summed E-state index contributed by atoms with van der Waals surface area (Å²) in [6.07, 6.45) is 2.57. The Bertz CT molecular complexity index is 2070. The first-order valence-electron chi connectivity index (χ1n) is 45.1. The van der Waals surface area contributed by atoms with E-state index in [9.17, 15) is 0 Å². The summed E-state index contributed by atoms with van der Waals surface area (Å²) in [5.41, 5.74) is 0.0887. The molecule has 0 aromatic rings. The molecule has 0 radical (unpaired) electrons. The van der Waals surface area contributed by atoms with Crippen LogP contribution < -0.4 is 0 Å². The first kappa shape index (κ1) is 99.0. The van der Waals surface area contributed by atoms with Crippen LogP contribution in [0, 0.1) is 278 Å². The van der Waals surface area contributed by atoms with E-state index in [0.717, 1.165) is 23.7 Å². The Morgan fingerprint density at radius 1 is 0.162 bits per heavy atom. The molecule has 0 nitrogen and oxygen atoms in total. The van der Waals surface area contributed by atoms with Gasteiger partial charge in [0.25, 0.3) is 0 Å². The van der Waals surface area contributed by atoms with E-state index in [4.69, 9.17) is 0 Å². The molecule has 0 aliphatic rings. The van der Waals surface area contributed by atoms with E-state index in [1.807, 2.05) is 0 Å². The molecular formula is C99H200. The zero-order valence-electron chi connectivity index (χ0n) is 78.5. The smallest absolute Gasteiger partial charge is 0.0236 e. The molecule has 0 saturated heterocycles. The lowest BCUT2D eigenvalue weighted by Gasteiger charge is -2.60. The molecule has 0 aliphatic heterocycles. The Balaban J connectivity index is 9.37. The molecule has 0 rings (SSSR count). The highest BCUT2D eigenvalue weighted by atomic mass is 14.6. The van der Waals surface area contributed by atoms with Crippen LogP contribution in [-0.2, 0) is 0 Å². The third-order valence-electron chi connectivity index (χ3n) is 34.7. The summed E-state index contributed by atoms with van der Waals surface area (Å²) < 4.78 is 0. The molecule has 0 aromatic heterocycles. The van der Waals surface area contributed by atoms with Crippen molar-refractivity contribution in [2.75, 3.05) is 0 Å². The van der Waals surface area contributed by atoms with Gasteiger partial charge in [-0.25, -0.2) is 0 Å². The maximum atomic E-state index is 2.96. The lowest BCUT2D eigenvalue weighted by Crippen LogP contribution is -2.55. The van der Waals surface area contributed by atoms with Crippen molar-refractivity contribution in [3.8, 4) is 0 Å². The highest BCUT2D eigenvalue weighted by Gasteiger charge is 2.58. The third-order valence-corrected chi connectivity index (χ3v) is 34.7. The van der Waals surface area contributed by atoms with Gasteiger partial charge in [0.2, 0.25) is 0 Å². The Hall–Kier alpha value is 0. The standard InChI is InChI=1S/C99H200/c1-51-66(29)88(61(19)20)89(62(21)22)77(40)79(42)91(69(32)55(7)8)84(47)95(76(39)68(31)54(5)6)80(43)78(41)90(63(23)24)97(64(25)26)99(50,65(27)28)98(74(37)60(17)18)86(49)94(72(35)58(13)14)85(48)93(71(34)57(11)12)83(46)92(70(33)56(9)10)81(44)82(45)96(73(36)59(15)16)87(52-2)75(38)67(30)53(3)4/h53-98H,51-52H2,1-50H3. The fourth-order valence-corrected chi connectivity index (χ4v) is 25.8. The van der Waals surface area contributed by atoms with Gasteiger partial charge < -0.3 is 0 Å². The van der Waals surface area contributed by atoms with Crippen molar-refractivity contribution in [2.24, 2.45) is 278 Å². The normalized spacial score (nSPS) is 24.3. The lowest BCUT2D eigenvalue weighted by atomic mass is 9.44. The molecule has 0 fully saturated rings. The molecule has 596 valence electrons. The summed E-state index contributed by atoms with van der Waals surface area (Å²) in [6.45, 7) is 134. The quantitative estimate of drug-likeness (QED) is 0.0570. The van der Waals surface area contributed by atoms with Crippen molar-refractivity contribution in [2.45, 2.75) is 359 Å². The summed E-state index contributed by atoms with van der Waals surface area (Å²) >= 11 is 0. The van der Waals surface area contributed by atoms with Gasteiger partial charge in [-0.3, -0.25) is 0 Å². The van der Waals surface area contributed by atoms with E-state index in [2.05, 4.69) is 346 Å². The molecule has 0 heterocycles. The highest BCUT2D eigenvalue weighted by molar-refractivity contribution is 5.05. The first-order chi connectivity index (χ1) is 45.1. The second kappa shape index (κ2) is 43.3. The predicted octanol–water partition coefficient (Wildman–Crippen LogP) is 32.1.